The van der Waals surface area contributed by atoms with Crippen LogP contribution in [0.3, 0.4) is 0 Å². The highest BCUT2D eigenvalue weighted by Crippen LogP contribution is 1.99. The van der Waals surface area contributed by atoms with Gasteiger partial charge in [-0.05, 0) is 31.5 Å². The van der Waals surface area contributed by atoms with Gasteiger partial charge < -0.3 is 10.1 Å². The van der Waals surface area contributed by atoms with Gasteiger partial charge in [-0.1, -0.05) is 12.1 Å². The van der Waals surface area contributed by atoms with Crippen molar-refractivity contribution < 1.29 is 9.13 Å². The maximum Gasteiger partial charge on any atom is 0.123 e. The van der Waals surface area contributed by atoms with E-state index in [1.54, 1.807) is 6.07 Å². The molecule has 0 bridgehead atoms. The Morgan fingerprint density at radius 3 is 2.60 bits per heavy atom. The Kier molecular flexibility index (Phi) is 5.29. The average molecular weight is 211 g/mol. The Balaban J connectivity index is 0.000000151. The van der Waals surface area contributed by atoms with Crippen molar-refractivity contribution in [1.82, 2.24) is 5.32 Å². The summed E-state index contributed by atoms with van der Waals surface area (Å²) in [5.74, 6) is -0.162. The highest BCUT2D eigenvalue weighted by Gasteiger charge is 2.04. The summed E-state index contributed by atoms with van der Waals surface area (Å²) in [6, 6.07) is 7.06. The molecule has 3 heteroatoms. The number of ether oxygens (including phenoxy) is 1. The molecule has 0 radical (unpaired) electrons. The Morgan fingerprint density at radius 2 is 2.27 bits per heavy atom. The molecule has 1 atom stereocenters. The Bertz CT molecular complexity index is 267. The van der Waals surface area contributed by atoms with E-state index in [9.17, 15) is 4.39 Å². The van der Waals surface area contributed by atoms with Gasteiger partial charge in [0.15, 0.2) is 0 Å². The molecule has 1 saturated heterocycles. The zero-order valence-electron chi connectivity index (χ0n) is 9.29. The maximum absolute atomic E-state index is 12.2. The van der Waals surface area contributed by atoms with E-state index in [1.807, 2.05) is 13.0 Å². The number of halogens is 1. The molecule has 2 nitrogen and oxygen atoms in total. The third kappa shape index (κ3) is 5.50. The van der Waals surface area contributed by atoms with Crippen molar-refractivity contribution in [3.63, 3.8) is 0 Å². The highest BCUT2D eigenvalue weighted by molar-refractivity contribution is 5.13. The molecule has 0 spiro atoms. The summed E-state index contributed by atoms with van der Waals surface area (Å²) in [7, 11) is 0. The molecule has 1 aliphatic rings. The van der Waals surface area contributed by atoms with Gasteiger partial charge in [-0.25, -0.2) is 4.39 Å². The molecule has 84 valence electrons. The second kappa shape index (κ2) is 6.53. The van der Waals surface area contributed by atoms with Gasteiger partial charge in [-0.2, -0.15) is 0 Å². The van der Waals surface area contributed by atoms with E-state index in [0.717, 1.165) is 25.3 Å². The van der Waals surface area contributed by atoms with Gasteiger partial charge in [0.1, 0.15) is 5.82 Å². The van der Waals surface area contributed by atoms with Crippen molar-refractivity contribution in [2.24, 2.45) is 0 Å². The zero-order valence-corrected chi connectivity index (χ0v) is 9.29. The van der Waals surface area contributed by atoms with E-state index in [-0.39, 0.29) is 5.82 Å². The smallest absolute Gasteiger partial charge is 0.123 e. The average Bonchev–Trinajstić information content (AvgIpc) is 2.19. The number of nitrogens with one attached hydrogen (secondary N) is 1. The van der Waals surface area contributed by atoms with Gasteiger partial charge in [0.05, 0.1) is 13.2 Å². The van der Waals surface area contributed by atoms with E-state index in [1.165, 1.54) is 12.1 Å². The van der Waals surface area contributed by atoms with E-state index in [2.05, 4.69) is 12.2 Å². The SMILES string of the molecule is C[C@H]1COCCN1.Cc1cccc(F)c1. The summed E-state index contributed by atoms with van der Waals surface area (Å²) in [6.07, 6.45) is 0. The van der Waals surface area contributed by atoms with Crippen LogP contribution in [0.25, 0.3) is 0 Å². The summed E-state index contributed by atoms with van der Waals surface area (Å²) in [5.41, 5.74) is 0.963. The Morgan fingerprint density at radius 1 is 1.47 bits per heavy atom. The molecule has 0 unspecified atom stereocenters. The van der Waals surface area contributed by atoms with Gasteiger partial charge in [0, 0.05) is 12.6 Å². The van der Waals surface area contributed by atoms with Crippen LogP contribution in [0.2, 0.25) is 0 Å². The number of aryl methyl sites for hydroxylation is 1. The molecule has 1 N–H and O–H groups in total. The van der Waals surface area contributed by atoms with Crippen LogP contribution in [0.5, 0.6) is 0 Å². The molecule has 1 aromatic rings. The summed E-state index contributed by atoms with van der Waals surface area (Å²) in [6.45, 7) is 6.76. The summed E-state index contributed by atoms with van der Waals surface area (Å²) in [4.78, 5) is 0. The second-order valence-electron chi connectivity index (χ2n) is 3.73. The maximum atomic E-state index is 12.2. The minimum atomic E-state index is -0.162. The third-order valence-corrected chi connectivity index (χ3v) is 2.09. The zero-order chi connectivity index (χ0) is 11.1. The summed E-state index contributed by atoms with van der Waals surface area (Å²) in [5, 5.41) is 3.26. The van der Waals surface area contributed by atoms with E-state index in [4.69, 9.17) is 4.74 Å². The summed E-state index contributed by atoms with van der Waals surface area (Å²) >= 11 is 0. The van der Waals surface area contributed by atoms with Crippen LogP contribution in [-0.2, 0) is 4.74 Å². The van der Waals surface area contributed by atoms with E-state index >= 15 is 0 Å². The molecule has 0 aliphatic carbocycles. The number of morpholine rings is 1. The first kappa shape index (κ1) is 12.1. The lowest BCUT2D eigenvalue weighted by atomic mass is 10.2. The molecule has 1 fully saturated rings. The number of hydrogen-bond acceptors (Lipinski definition) is 2. The molecular formula is C12H18FNO. The molecule has 1 heterocycles. The molecular weight excluding hydrogens is 193 g/mol. The monoisotopic (exact) mass is 211 g/mol. The minimum Gasteiger partial charge on any atom is -0.379 e. The predicted molar refractivity (Wildman–Crippen MR) is 59.4 cm³/mol. The van der Waals surface area contributed by atoms with Crippen LogP contribution in [0.15, 0.2) is 24.3 Å². The van der Waals surface area contributed by atoms with Gasteiger partial charge in [-0.15, -0.1) is 0 Å². The fourth-order valence-corrected chi connectivity index (χ4v) is 1.30. The lowest BCUT2D eigenvalue weighted by molar-refractivity contribution is 0.0824. The van der Waals surface area contributed by atoms with Crippen molar-refractivity contribution in [2.75, 3.05) is 19.8 Å². The Labute approximate surface area is 90.4 Å². The van der Waals surface area contributed by atoms with Crippen LogP contribution >= 0.6 is 0 Å². The first-order valence-corrected chi connectivity index (χ1v) is 5.22. The molecule has 2 rings (SSSR count). The molecule has 0 amide bonds. The van der Waals surface area contributed by atoms with Crippen molar-refractivity contribution in [2.45, 2.75) is 19.9 Å². The topological polar surface area (TPSA) is 21.3 Å². The van der Waals surface area contributed by atoms with Crippen molar-refractivity contribution >= 4 is 0 Å². The fourth-order valence-electron chi connectivity index (χ4n) is 1.30. The quantitative estimate of drug-likeness (QED) is 0.709. The van der Waals surface area contributed by atoms with Crippen LogP contribution in [-0.4, -0.2) is 25.8 Å². The van der Waals surface area contributed by atoms with Crippen molar-refractivity contribution in [1.29, 1.82) is 0 Å². The van der Waals surface area contributed by atoms with Crippen LogP contribution in [0, 0.1) is 12.7 Å². The number of rotatable bonds is 0. The van der Waals surface area contributed by atoms with Crippen LogP contribution < -0.4 is 5.32 Å². The normalized spacial score (nSPS) is 20.3. The molecule has 0 aromatic heterocycles. The van der Waals surface area contributed by atoms with Crippen LogP contribution in [0.1, 0.15) is 12.5 Å². The van der Waals surface area contributed by atoms with E-state index in [0.29, 0.717) is 6.04 Å². The van der Waals surface area contributed by atoms with Crippen molar-refractivity contribution in [3.8, 4) is 0 Å². The molecule has 1 aliphatic heterocycles. The minimum absolute atomic E-state index is 0.162. The highest BCUT2D eigenvalue weighted by atomic mass is 19.1. The Hall–Kier alpha value is -0.930. The van der Waals surface area contributed by atoms with Gasteiger partial charge in [0.25, 0.3) is 0 Å². The van der Waals surface area contributed by atoms with Gasteiger partial charge in [-0.3, -0.25) is 0 Å². The predicted octanol–water partition coefficient (Wildman–Crippen LogP) is 2.13. The number of benzene rings is 1. The van der Waals surface area contributed by atoms with Crippen LogP contribution in [0.4, 0.5) is 4.39 Å². The molecule has 1 aromatic carbocycles. The summed E-state index contributed by atoms with van der Waals surface area (Å²) < 4.78 is 17.3. The van der Waals surface area contributed by atoms with Crippen molar-refractivity contribution in [3.05, 3.63) is 35.6 Å². The van der Waals surface area contributed by atoms with E-state index < -0.39 is 0 Å². The van der Waals surface area contributed by atoms with Gasteiger partial charge >= 0.3 is 0 Å². The molecule has 0 saturated carbocycles. The second-order valence-corrected chi connectivity index (χ2v) is 3.73. The largest absolute Gasteiger partial charge is 0.379 e. The lowest BCUT2D eigenvalue weighted by Gasteiger charge is -2.19. The first-order valence-electron chi connectivity index (χ1n) is 5.22. The lowest BCUT2D eigenvalue weighted by Crippen LogP contribution is -2.38. The fraction of sp³-hybridized carbons (Fsp3) is 0.500. The molecule has 15 heavy (non-hydrogen) atoms. The van der Waals surface area contributed by atoms with Gasteiger partial charge in [0.2, 0.25) is 0 Å². The first-order chi connectivity index (χ1) is 7.18. The number of hydrogen-bond donors (Lipinski definition) is 1. The third-order valence-electron chi connectivity index (χ3n) is 2.09. The standard InChI is InChI=1S/C7H7F.C5H11NO/c1-6-3-2-4-7(8)5-6;1-5-4-7-3-2-6-5/h2-5H,1H3;5-6H,2-4H2,1H3/t;5-/m.0/s1.